The number of ether oxygens (including phenoxy) is 3. The molecule has 1 atom stereocenters. The quantitative estimate of drug-likeness (QED) is 0.325. The zero-order valence-electron chi connectivity index (χ0n) is 24.2. The fraction of sp³-hybridized carbons (Fsp3) is 0.548. The molecule has 0 bridgehead atoms. The van der Waals surface area contributed by atoms with Gasteiger partial charge in [0.05, 0.1) is 36.6 Å². The number of hydrogen-bond acceptors (Lipinski definition) is 6. The molecule has 3 aromatic rings. The van der Waals surface area contributed by atoms with Crippen molar-refractivity contribution >= 4 is 33.4 Å². The Morgan fingerprint density at radius 3 is 2.30 bits per heavy atom. The second-order valence-corrected chi connectivity index (χ2v) is 12.0. The van der Waals surface area contributed by atoms with E-state index in [1.54, 1.807) is 16.2 Å². The highest BCUT2D eigenvalue weighted by Gasteiger charge is 2.48. The number of rotatable bonds is 10. The number of nitrogens with zero attached hydrogens (tertiary/aromatic N) is 2. The molecule has 8 nitrogen and oxygen atoms in total. The topological polar surface area (TPSA) is 82.0 Å². The van der Waals surface area contributed by atoms with E-state index >= 15 is 0 Å². The van der Waals surface area contributed by atoms with Gasteiger partial charge in [-0.2, -0.15) is 0 Å². The summed E-state index contributed by atoms with van der Waals surface area (Å²) < 4.78 is 20.8. The normalized spacial score (nSPS) is 22.7. The first-order valence-corrected chi connectivity index (χ1v) is 15.4. The van der Waals surface area contributed by atoms with Gasteiger partial charge in [0.2, 0.25) is 11.7 Å². The first-order valence-electron chi connectivity index (χ1n) is 14.5. The predicted molar refractivity (Wildman–Crippen MR) is 158 cm³/mol. The molecule has 1 N–H and O–H groups in total. The Morgan fingerprint density at radius 1 is 1.02 bits per heavy atom. The highest BCUT2D eigenvalue weighted by Crippen LogP contribution is 2.41. The van der Waals surface area contributed by atoms with Crippen molar-refractivity contribution in [2.24, 2.45) is 5.92 Å². The molecule has 1 aromatic carbocycles. The van der Waals surface area contributed by atoms with Gasteiger partial charge in [-0.25, -0.2) is 0 Å². The van der Waals surface area contributed by atoms with Crippen molar-refractivity contribution in [1.82, 2.24) is 14.8 Å². The molecule has 2 aromatic heterocycles. The van der Waals surface area contributed by atoms with Crippen LogP contribution in [-0.4, -0.2) is 52.7 Å². The molecule has 1 aliphatic carbocycles. The monoisotopic (exact) mass is 567 g/mol. The maximum atomic E-state index is 14.2. The molecule has 0 radical (unpaired) electrons. The summed E-state index contributed by atoms with van der Waals surface area (Å²) in [6.07, 6.45) is 4.14. The van der Waals surface area contributed by atoms with Crippen molar-refractivity contribution in [1.29, 1.82) is 0 Å². The second-order valence-electron chi connectivity index (χ2n) is 11.1. The van der Waals surface area contributed by atoms with E-state index < -0.39 is 5.54 Å². The Labute approximate surface area is 240 Å². The zero-order chi connectivity index (χ0) is 28.4. The van der Waals surface area contributed by atoms with Crippen LogP contribution in [0, 0.1) is 5.92 Å². The Balaban J connectivity index is 1.54. The van der Waals surface area contributed by atoms with Crippen LogP contribution in [0.25, 0.3) is 10.2 Å². The number of carbonyl (C=O) groups excluding carboxylic acids is 2. The molecule has 1 fully saturated rings. The number of thiophene rings is 1. The fourth-order valence-corrected chi connectivity index (χ4v) is 6.81. The van der Waals surface area contributed by atoms with Crippen LogP contribution in [0.3, 0.4) is 0 Å². The van der Waals surface area contributed by atoms with E-state index in [4.69, 9.17) is 14.2 Å². The van der Waals surface area contributed by atoms with E-state index in [0.717, 1.165) is 41.5 Å². The third kappa shape index (κ3) is 5.28. The number of nitrogens with one attached hydrogen (secondary N) is 1. The summed E-state index contributed by atoms with van der Waals surface area (Å²) in [5.74, 6) is 2.12. The van der Waals surface area contributed by atoms with Crippen LogP contribution in [0.15, 0.2) is 29.6 Å². The average molecular weight is 568 g/mol. The van der Waals surface area contributed by atoms with E-state index in [0.29, 0.717) is 55.2 Å². The van der Waals surface area contributed by atoms with E-state index in [2.05, 4.69) is 12.2 Å². The number of fused-ring (bicyclic) bond motifs is 3. The molecule has 5 rings (SSSR count). The number of carbonyl (C=O) groups is 2. The van der Waals surface area contributed by atoms with Crippen molar-refractivity contribution in [3.63, 3.8) is 0 Å². The molecule has 3 heterocycles. The van der Waals surface area contributed by atoms with Crippen molar-refractivity contribution in [3.05, 3.63) is 40.9 Å². The van der Waals surface area contributed by atoms with Gasteiger partial charge in [-0.1, -0.05) is 6.92 Å². The summed E-state index contributed by atoms with van der Waals surface area (Å²) in [5.41, 5.74) is 1.34. The molecule has 0 unspecified atom stereocenters. The molecule has 1 saturated carbocycles. The number of benzene rings is 1. The molecule has 9 heteroatoms. The van der Waals surface area contributed by atoms with Gasteiger partial charge in [0.1, 0.15) is 11.2 Å². The SMILES string of the molecule is CCOc1cc(CN2C(=O)c3cc4sccc4n3C[C@]2(C)C(=O)NC2CCC(C)CC2)cc(OCC)c1OCC. The van der Waals surface area contributed by atoms with Crippen molar-refractivity contribution < 1.29 is 23.8 Å². The fourth-order valence-electron chi connectivity index (χ4n) is 5.98. The van der Waals surface area contributed by atoms with E-state index in [9.17, 15) is 9.59 Å². The lowest BCUT2D eigenvalue weighted by molar-refractivity contribution is -0.134. The van der Waals surface area contributed by atoms with Crippen molar-refractivity contribution in [3.8, 4) is 17.2 Å². The summed E-state index contributed by atoms with van der Waals surface area (Å²) in [4.78, 5) is 30.0. The molecule has 1 aliphatic heterocycles. The average Bonchev–Trinajstić information content (AvgIpc) is 3.52. The van der Waals surface area contributed by atoms with Gasteiger partial charge in [0, 0.05) is 12.6 Å². The van der Waals surface area contributed by atoms with Gasteiger partial charge < -0.3 is 29.0 Å². The molecule has 2 amide bonds. The van der Waals surface area contributed by atoms with Gasteiger partial charge in [-0.3, -0.25) is 9.59 Å². The van der Waals surface area contributed by atoms with Crippen LogP contribution in [0.5, 0.6) is 17.2 Å². The molecule has 0 spiro atoms. The van der Waals surface area contributed by atoms with Crippen LogP contribution in [-0.2, 0) is 17.9 Å². The summed E-state index contributed by atoms with van der Waals surface area (Å²) in [6.45, 7) is 11.9. The molecule has 216 valence electrons. The van der Waals surface area contributed by atoms with Crippen LogP contribution in [0.2, 0.25) is 0 Å². The highest BCUT2D eigenvalue weighted by molar-refractivity contribution is 7.17. The molecular weight excluding hydrogens is 526 g/mol. The van der Waals surface area contributed by atoms with Gasteiger partial charge in [-0.15, -0.1) is 11.3 Å². The lowest BCUT2D eigenvalue weighted by Gasteiger charge is -2.45. The maximum absolute atomic E-state index is 14.2. The maximum Gasteiger partial charge on any atom is 0.271 e. The minimum atomic E-state index is -1.09. The van der Waals surface area contributed by atoms with Gasteiger partial charge in [-0.05, 0) is 94.5 Å². The van der Waals surface area contributed by atoms with Crippen molar-refractivity contribution in [2.75, 3.05) is 19.8 Å². The van der Waals surface area contributed by atoms with Crippen LogP contribution in [0.1, 0.15) is 76.4 Å². The third-order valence-corrected chi connectivity index (χ3v) is 9.05. The Morgan fingerprint density at radius 2 is 1.68 bits per heavy atom. The van der Waals surface area contributed by atoms with Gasteiger partial charge in [0.25, 0.3) is 5.91 Å². The third-order valence-electron chi connectivity index (χ3n) is 8.20. The molecule has 0 saturated heterocycles. The minimum Gasteiger partial charge on any atom is -0.490 e. The number of amides is 2. The highest BCUT2D eigenvalue weighted by atomic mass is 32.1. The number of hydrogen-bond donors (Lipinski definition) is 1. The van der Waals surface area contributed by atoms with E-state index in [1.165, 1.54) is 0 Å². The van der Waals surface area contributed by atoms with Crippen LogP contribution in [0.4, 0.5) is 0 Å². The van der Waals surface area contributed by atoms with Gasteiger partial charge >= 0.3 is 0 Å². The lowest BCUT2D eigenvalue weighted by atomic mass is 9.86. The summed E-state index contributed by atoms with van der Waals surface area (Å²) in [7, 11) is 0. The predicted octanol–water partition coefficient (Wildman–Crippen LogP) is 6.01. The standard InChI is InChI=1S/C31H41N3O5S/c1-6-37-25-15-21(16-26(38-7-2)28(25)39-8-3)18-34-29(35)24-17-27-23(13-14-40-27)33(24)19-31(34,5)30(36)32-22-11-9-20(4)10-12-22/h13-17,20,22H,6-12,18-19H2,1-5H3,(H,32,36)/t20?,22?,31-/m1/s1. The largest absolute Gasteiger partial charge is 0.490 e. The van der Waals surface area contributed by atoms with E-state index in [1.807, 2.05) is 61.9 Å². The lowest BCUT2D eigenvalue weighted by Crippen LogP contribution is -2.64. The number of aromatic nitrogens is 1. The Bertz CT molecular complexity index is 1350. The summed E-state index contributed by atoms with van der Waals surface area (Å²) >= 11 is 1.61. The second kappa shape index (κ2) is 11.7. The Kier molecular flexibility index (Phi) is 8.31. The van der Waals surface area contributed by atoms with Gasteiger partial charge in [0.15, 0.2) is 11.5 Å². The first-order chi connectivity index (χ1) is 19.3. The van der Waals surface area contributed by atoms with Crippen LogP contribution < -0.4 is 19.5 Å². The Hall–Kier alpha value is -3.20. The molecule has 2 aliphatic rings. The summed E-state index contributed by atoms with van der Waals surface area (Å²) in [6, 6.07) is 7.91. The summed E-state index contributed by atoms with van der Waals surface area (Å²) in [5, 5.41) is 5.35. The first kappa shape index (κ1) is 28.3. The van der Waals surface area contributed by atoms with Crippen molar-refractivity contribution in [2.45, 2.75) is 85.0 Å². The van der Waals surface area contributed by atoms with Crippen LogP contribution >= 0.6 is 11.3 Å². The smallest absolute Gasteiger partial charge is 0.271 e. The minimum absolute atomic E-state index is 0.107. The molecule has 40 heavy (non-hydrogen) atoms. The molecular formula is C31H41N3O5S. The van der Waals surface area contributed by atoms with E-state index in [-0.39, 0.29) is 24.4 Å². The zero-order valence-corrected chi connectivity index (χ0v) is 25.1.